The molecule has 0 N–H and O–H groups in total. The zero-order chi connectivity index (χ0) is 14.5. The summed E-state index contributed by atoms with van der Waals surface area (Å²) in [5.41, 5.74) is 1.39. The Morgan fingerprint density at radius 1 is 1.35 bits per heavy atom. The predicted molar refractivity (Wildman–Crippen MR) is 80.6 cm³/mol. The van der Waals surface area contributed by atoms with Crippen molar-refractivity contribution in [1.29, 1.82) is 0 Å². The molecule has 0 saturated carbocycles. The maximum atomic E-state index is 11.6. The summed E-state index contributed by atoms with van der Waals surface area (Å²) in [6.07, 6.45) is 0.923. The lowest BCUT2D eigenvalue weighted by Crippen LogP contribution is -2.30. The summed E-state index contributed by atoms with van der Waals surface area (Å²) < 4.78 is 4.85. The molecule has 20 heavy (non-hydrogen) atoms. The number of methoxy groups -OCH3 is 1. The first-order valence-electron chi connectivity index (χ1n) is 7.47. The molecule has 0 unspecified atom stereocenters. The summed E-state index contributed by atoms with van der Waals surface area (Å²) in [4.78, 5) is 14.0. The van der Waals surface area contributed by atoms with E-state index in [1.807, 2.05) is 0 Å². The van der Waals surface area contributed by atoms with Crippen LogP contribution in [-0.4, -0.2) is 37.6 Å². The van der Waals surface area contributed by atoms with Crippen molar-refractivity contribution in [3.05, 3.63) is 35.9 Å². The Labute approximate surface area is 121 Å². The van der Waals surface area contributed by atoms with E-state index in [1.54, 1.807) is 0 Å². The fourth-order valence-electron chi connectivity index (χ4n) is 3.04. The number of esters is 1. The second-order valence-electron chi connectivity index (χ2n) is 6.03. The molecular formula is C17H25NO2. The lowest BCUT2D eigenvalue weighted by atomic mass is 9.88. The van der Waals surface area contributed by atoms with Crippen molar-refractivity contribution in [2.24, 2.45) is 11.8 Å². The van der Waals surface area contributed by atoms with Gasteiger partial charge in [-0.25, -0.2) is 0 Å². The quantitative estimate of drug-likeness (QED) is 0.774. The topological polar surface area (TPSA) is 29.5 Å². The van der Waals surface area contributed by atoms with Crippen LogP contribution in [-0.2, 0) is 9.53 Å². The van der Waals surface area contributed by atoms with E-state index in [1.165, 1.54) is 12.7 Å². The number of carbonyl (C=O) groups is 1. The molecule has 1 fully saturated rings. The number of hydrogen-bond acceptors (Lipinski definition) is 3. The monoisotopic (exact) mass is 275 g/mol. The lowest BCUT2D eigenvalue weighted by Gasteiger charge is -2.27. The summed E-state index contributed by atoms with van der Waals surface area (Å²) >= 11 is 0. The minimum absolute atomic E-state index is 0.0589. The van der Waals surface area contributed by atoms with Gasteiger partial charge in [0.2, 0.25) is 0 Å². The zero-order valence-corrected chi connectivity index (χ0v) is 12.7. The molecule has 1 aromatic carbocycles. The van der Waals surface area contributed by atoms with Gasteiger partial charge in [-0.05, 0) is 30.4 Å². The maximum absolute atomic E-state index is 11.6. The molecule has 0 bridgehead atoms. The molecule has 1 aromatic rings. The highest BCUT2D eigenvalue weighted by Crippen LogP contribution is 2.28. The zero-order valence-electron chi connectivity index (χ0n) is 12.7. The van der Waals surface area contributed by atoms with Crippen LogP contribution in [0.2, 0.25) is 0 Å². The van der Waals surface area contributed by atoms with Gasteiger partial charge in [0.05, 0.1) is 13.0 Å². The number of hydrogen-bond donors (Lipinski definition) is 0. The highest BCUT2D eigenvalue weighted by atomic mass is 16.5. The number of ether oxygens (including phenoxy) is 1. The Hall–Kier alpha value is -1.35. The van der Waals surface area contributed by atoms with Crippen LogP contribution in [0, 0.1) is 11.8 Å². The molecule has 2 atom stereocenters. The molecule has 0 radical (unpaired) electrons. The third-order valence-corrected chi connectivity index (χ3v) is 4.29. The molecule has 2 rings (SSSR count). The van der Waals surface area contributed by atoms with Crippen LogP contribution in [0.4, 0.5) is 0 Å². The van der Waals surface area contributed by atoms with Gasteiger partial charge in [0.25, 0.3) is 0 Å². The van der Waals surface area contributed by atoms with Gasteiger partial charge in [-0.15, -0.1) is 0 Å². The molecular weight excluding hydrogens is 250 g/mol. The standard InChI is InChI=1S/C17H25NO2/c1-13(2)16(14-7-5-4-6-8-14)12-18-10-9-15(11-18)17(19)20-3/h4-8,13,15-16H,9-12H2,1-3H3/t15-,16-/m0/s1. The van der Waals surface area contributed by atoms with E-state index in [0.717, 1.165) is 26.1 Å². The van der Waals surface area contributed by atoms with E-state index < -0.39 is 0 Å². The van der Waals surface area contributed by atoms with Crippen molar-refractivity contribution >= 4 is 5.97 Å². The summed E-state index contributed by atoms with van der Waals surface area (Å²) in [6, 6.07) is 10.7. The van der Waals surface area contributed by atoms with E-state index >= 15 is 0 Å². The number of rotatable bonds is 5. The second kappa shape index (κ2) is 6.89. The van der Waals surface area contributed by atoms with Crippen LogP contribution < -0.4 is 0 Å². The van der Waals surface area contributed by atoms with Crippen LogP contribution in [0.25, 0.3) is 0 Å². The van der Waals surface area contributed by atoms with Crippen LogP contribution in [0.15, 0.2) is 30.3 Å². The molecule has 1 aliphatic rings. The first-order valence-corrected chi connectivity index (χ1v) is 7.47. The first kappa shape index (κ1) is 15.0. The SMILES string of the molecule is COC(=O)[C@H]1CCN(C[C@H](c2ccccc2)C(C)C)C1. The van der Waals surface area contributed by atoms with Crippen molar-refractivity contribution in [3.63, 3.8) is 0 Å². The highest BCUT2D eigenvalue weighted by molar-refractivity contribution is 5.72. The molecule has 1 saturated heterocycles. The van der Waals surface area contributed by atoms with E-state index in [-0.39, 0.29) is 11.9 Å². The summed E-state index contributed by atoms with van der Waals surface area (Å²) in [5, 5.41) is 0. The Kier molecular flexibility index (Phi) is 5.18. The van der Waals surface area contributed by atoms with Gasteiger partial charge in [0.15, 0.2) is 0 Å². The van der Waals surface area contributed by atoms with E-state index in [2.05, 4.69) is 49.1 Å². The third-order valence-electron chi connectivity index (χ3n) is 4.29. The number of carbonyl (C=O) groups excluding carboxylic acids is 1. The van der Waals surface area contributed by atoms with Gasteiger partial charge >= 0.3 is 5.97 Å². The van der Waals surface area contributed by atoms with Crippen molar-refractivity contribution < 1.29 is 9.53 Å². The minimum Gasteiger partial charge on any atom is -0.469 e. The van der Waals surface area contributed by atoms with Gasteiger partial charge in [0.1, 0.15) is 0 Å². The molecule has 0 spiro atoms. The molecule has 3 heteroatoms. The average Bonchev–Trinajstić information content (AvgIpc) is 2.93. The summed E-state index contributed by atoms with van der Waals surface area (Å²) in [6.45, 7) is 7.39. The lowest BCUT2D eigenvalue weighted by molar-refractivity contribution is -0.144. The van der Waals surface area contributed by atoms with Gasteiger partial charge in [-0.1, -0.05) is 44.2 Å². The Balaban J connectivity index is 1.99. The third kappa shape index (κ3) is 3.60. The fraction of sp³-hybridized carbons (Fsp3) is 0.588. The summed E-state index contributed by atoms with van der Waals surface area (Å²) in [7, 11) is 1.48. The fourth-order valence-corrected chi connectivity index (χ4v) is 3.04. The van der Waals surface area contributed by atoms with Gasteiger partial charge in [0, 0.05) is 13.1 Å². The normalized spacial score (nSPS) is 21.1. The molecule has 3 nitrogen and oxygen atoms in total. The maximum Gasteiger partial charge on any atom is 0.310 e. The van der Waals surface area contributed by atoms with Crippen LogP contribution in [0.5, 0.6) is 0 Å². The second-order valence-corrected chi connectivity index (χ2v) is 6.03. The number of benzene rings is 1. The summed E-state index contributed by atoms with van der Waals surface area (Å²) in [5.74, 6) is 1.11. The van der Waals surface area contributed by atoms with Gasteiger partial charge in [-0.3, -0.25) is 4.79 Å². The smallest absolute Gasteiger partial charge is 0.310 e. The number of likely N-dealkylation sites (tertiary alicyclic amines) is 1. The van der Waals surface area contributed by atoms with E-state index in [9.17, 15) is 4.79 Å². The van der Waals surface area contributed by atoms with Crippen molar-refractivity contribution in [2.45, 2.75) is 26.2 Å². The minimum atomic E-state index is -0.0618. The molecule has 0 aromatic heterocycles. The first-order chi connectivity index (χ1) is 9.61. The number of nitrogens with zero attached hydrogens (tertiary/aromatic N) is 1. The van der Waals surface area contributed by atoms with E-state index in [0.29, 0.717) is 11.8 Å². The van der Waals surface area contributed by atoms with Crippen LogP contribution in [0.3, 0.4) is 0 Å². The highest BCUT2D eigenvalue weighted by Gasteiger charge is 2.31. The molecule has 0 aliphatic carbocycles. The van der Waals surface area contributed by atoms with Crippen molar-refractivity contribution in [2.75, 3.05) is 26.7 Å². The molecule has 110 valence electrons. The predicted octanol–water partition coefficient (Wildman–Crippen LogP) is 2.92. The Bertz CT molecular complexity index is 430. The van der Waals surface area contributed by atoms with Crippen LogP contribution in [0.1, 0.15) is 31.7 Å². The Morgan fingerprint density at radius 2 is 2.05 bits per heavy atom. The molecule has 1 heterocycles. The molecule has 1 aliphatic heterocycles. The van der Waals surface area contributed by atoms with Gasteiger partial charge in [-0.2, -0.15) is 0 Å². The van der Waals surface area contributed by atoms with E-state index in [4.69, 9.17) is 4.74 Å². The van der Waals surface area contributed by atoms with Crippen molar-refractivity contribution in [3.8, 4) is 0 Å². The molecule has 0 amide bonds. The van der Waals surface area contributed by atoms with Crippen LogP contribution >= 0.6 is 0 Å². The Morgan fingerprint density at radius 3 is 2.65 bits per heavy atom. The van der Waals surface area contributed by atoms with Gasteiger partial charge < -0.3 is 9.64 Å². The van der Waals surface area contributed by atoms with Crippen molar-refractivity contribution in [1.82, 2.24) is 4.90 Å². The average molecular weight is 275 g/mol. The largest absolute Gasteiger partial charge is 0.469 e.